The molecule has 0 aromatic heterocycles. The maximum Gasteiger partial charge on any atom is 0.326 e. The van der Waals surface area contributed by atoms with Gasteiger partial charge in [0.1, 0.15) is 5.54 Å². The normalized spacial score (nSPS) is 28.3. The van der Waals surface area contributed by atoms with Crippen LogP contribution in [0.1, 0.15) is 33.6 Å². The molecule has 0 unspecified atom stereocenters. The summed E-state index contributed by atoms with van der Waals surface area (Å²) in [7, 11) is 0. The molecule has 2 aliphatic heterocycles. The summed E-state index contributed by atoms with van der Waals surface area (Å²) in [5.74, 6) is 0.416. The Labute approximate surface area is 120 Å². The summed E-state index contributed by atoms with van der Waals surface area (Å²) in [6.45, 7) is 9.29. The summed E-state index contributed by atoms with van der Waals surface area (Å²) in [5, 5.41) is 2.85. The zero-order chi connectivity index (χ0) is 14.8. The van der Waals surface area contributed by atoms with E-state index in [0.29, 0.717) is 32.2 Å². The summed E-state index contributed by atoms with van der Waals surface area (Å²) >= 11 is 0. The molecule has 2 saturated heterocycles. The van der Waals surface area contributed by atoms with Gasteiger partial charge < -0.3 is 10.1 Å². The van der Waals surface area contributed by atoms with Gasteiger partial charge in [0.25, 0.3) is 5.91 Å². The largest absolute Gasteiger partial charge is 0.379 e. The van der Waals surface area contributed by atoms with E-state index in [1.807, 2.05) is 6.92 Å². The second-order valence-corrected chi connectivity index (χ2v) is 6.30. The SMILES string of the molecule is CC(C)CC[C@@]1(C)NC(=O)N(CN2CCOCC2)C1=O. The molecular weight excluding hydrogens is 258 g/mol. The number of hydrogen-bond acceptors (Lipinski definition) is 4. The van der Waals surface area contributed by atoms with Gasteiger partial charge >= 0.3 is 6.03 Å². The van der Waals surface area contributed by atoms with Gasteiger partial charge in [0.2, 0.25) is 0 Å². The fourth-order valence-electron chi connectivity index (χ4n) is 2.56. The quantitative estimate of drug-likeness (QED) is 0.765. The molecule has 0 aliphatic carbocycles. The van der Waals surface area contributed by atoms with Crippen molar-refractivity contribution in [2.24, 2.45) is 5.92 Å². The van der Waals surface area contributed by atoms with Crippen molar-refractivity contribution >= 4 is 11.9 Å². The van der Waals surface area contributed by atoms with Crippen LogP contribution in [0.4, 0.5) is 4.79 Å². The van der Waals surface area contributed by atoms with Crippen molar-refractivity contribution in [2.75, 3.05) is 33.0 Å². The minimum absolute atomic E-state index is 0.102. The summed E-state index contributed by atoms with van der Waals surface area (Å²) in [4.78, 5) is 28.0. The number of morpholine rings is 1. The lowest BCUT2D eigenvalue weighted by Gasteiger charge is -2.30. The van der Waals surface area contributed by atoms with Crippen LogP contribution in [0.3, 0.4) is 0 Å². The maximum atomic E-state index is 12.5. The Morgan fingerprint density at radius 3 is 2.55 bits per heavy atom. The Morgan fingerprint density at radius 2 is 1.95 bits per heavy atom. The second-order valence-electron chi connectivity index (χ2n) is 6.30. The van der Waals surface area contributed by atoms with Crippen LogP contribution in [-0.4, -0.2) is 60.2 Å². The number of carbonyl (C=O) groups is 2. The van der Waals surface area contributed by atoms with Crippen LogP contribution in [0.25, 0.3) is 0 Å². The van der Waals surface area contributed by atoms with Crippen molar-refractivity contribution in [2.45, 2.75) is 39.2 Å². The van der Waals surface area contributed by atoms with E-state index in [2.05, 4.69) is 24.1 Å². The van der Waals surface area contributed by atoms with Crippen LogP contribution in [0.5, 0.6) is 0 Å². The van der Waals surface area contributed by atoms with E-state index in [9.17, 15) is 9.59 Å². The van der Waals surface area contributed by atoms with Crippen molar-refractivity contribution in [3.05, 3.63) is 0 Å². The number of hydrogen-bond donors (Lipinski definition) is 1. The topological polar surface area (TPSA) is 61.9 Å². The average molecular weight is 283 g/mol. The Hall–Kier alpha value is -1.14. The van der Waals surface area contributed by atoms with Gasteiger partial charge in [-0.3, -0.25) is 9.69 Å². The third kappa shape index (κ3) is 3.30. The number of nitrogens with one attached hydrogen (secondary N) is 1. The van der Waals surface area contributed by atoms with Gasteiger partial charge in [0.05, 0.1) is 19.9 Å². The van der Waals surface area contributed by atoms with E-state index >= 15 is 0 Å². The molecule has 0 saturated carbocycles. The molecular formula is C14H25N3O3. The van der Waals surface area contributed by atoms with Crippen LogP contribution in [-0.2, 0) is 9.53 Å². The Morgan fingerprint density at radius 1 is 1.30 bits per heavy atom. The Balaban J connectivity index is 1.96. The van der Waals surface area contributed by atoms with Gasteiger partial charge in [0, 0.05) is 13.1 Å². The molecule has 114 valence electrons. The lowest BCUT2D eigenvalue weighted by Crippen LogP contribution is -2.48. The van der Waals surface area contributed by atoms with Crippen molar-refractivity contribution in [1.29, 1.82) is 0 Å². The van der Waals surface area contributed by atoms with Crippen LogP contribution in [0.15, 0.2) is 0 Å². The summed E-state index contributed by atoms with van der Waals surface area (Å²) in [6, 6.07) is -0.271. The van der Waals surface area contributed by atoms with E-state index in [4.69, 9.17) is 4.74 Å². The first-order valence-corrected chi connectivity index (χ1v) is 7.36. The number of amides is 3. The summed E-state index contributed by atoms with van der Waals surface area (Å²) in [6.07, 6.45) is 1.61. The van der Waals surface area contributed by atoms with Gasteiger partial charge in [0.15, 0.2) is 0 Å². The summed E-state index contributed by atoms with van der Waals surface area (Å²) in [5.41, 5.74) is -0.742. The fraction of sp³-hybridized carbons (Fsp3) is 0.857. The molecule has 2 fully saturated rings. The second kappa shape index (κ2) is 6.10. The van der Waals surface area contributed by atoms with Gasteiger partial charge in [-0.2, -0.15) is 0 Å². The van der Waals surface area contributed by atoms with Crippen molar-refractivity contribution in [3.63, 3.8) is 0 Å². The van der Waals surface area contributed by atoms with Gasteiger partial charge in [-0.15, -0.1) is 0 Å². The number of rotatable bonds is 5. The Kier molecular flexibility index (Phi) is 4.65. The highest BCUT2D eigenvalue weighted by molar-refractivity contribution is 6.06. The van der Waals surface area contributed by atoms with Gasteiger partial charge in [-0.1, -0.05) is 13.8 Å². The first-order chi connectivity index (χ1) is 9.42. The molecule has 6 nitrogen and oxygen atoms in total. The molecule has 1 atom stereocenters. The van der Waals surface area contributed by atoms with E-state index in [-0.39, 0.29) is 11.9 Å². The predicted octanol–water partition coefficient (Wildman–Crippen LogP) is 1.02. The minimum atomic E-state index is -0.742. The van der Waals surface area contributed by atoms with E-state index in [1.165, 1.54) is 4.90 Å². The molecule has 2 heterocycles. The molecule has 0 bridgehead atoms. The number of carbonyl (C=O) groups excluding carboxylic acids is 2. The number of ether oxygens (including phenoxy) is 1. The van der Waals surface area contributed by atoms with Crippen LogP contribution in [0, 0.1) is 5.92 Å². The highest BCUT2D eigenvalue weighted by Gasteiger charge is 2.47. The average Bonchev–Trinajstić information content (AvgIpc) is 2.62. The molecule has 2 rings (SSSR count). The first kappa shape index (κ1) is 15.3. The van der Waals surface area contributed by atoms with Crippen molar-refractivity contribution < 1.29 is 14.3 Å². The first-order valence-electron chi connectivity index (χ1n) is 7.36. The molecule has 2 aliphatic rings. The van der Waals surface area contributed by atoms with Crippen molar-refractivity contribution in [3.8, 4) is 0 Å². The number of nitrogens with zero attached hydrogens (tertiary/aromatic N) is 2. The number of imide groups is 1. The van der Waals surface area contributed by atoms with Gasteiger partial charge in [-0.05, 0) is 25.7 Å². The lowest BCUT2D eigenvalue weighted by atomic mass is 9.92. The summed E-state index contributed by atoms with van der Waals surface area (Å²) < 4.78 is 5.28. The van der Waals surface area contributed by atoms with Crippen LogP contribution in [0.2, 0.25) is 0 Å². The molecule has 0 radical (unpaired) electrons. The fourth-order valence-corrected chi connectivity index (χ4v) is 2.56. The maximum absolute atomic E-state index is 12.5. The predicted molar refractivity (Wildman–Crippen MR) is 75.1 cm³/mol. The molecule has 6 heteroatoms. The van der Waals surface area contributed by atoms with Crippen molar-refractivity contribution in [1.82, 2.24) is 15.1 Å². The smallest absolute Gasteiger partial charge is 0.326 e. The zero-order valence-electron chi connectivity index (χ0n) is 12.6. The van der Waals surface area contributed by atoms with Gasteiger partial charge in [-0.25, -0.2) is 9.69 Å². The highest BCUT2D eigenvalue weighted by atomic mass is 16.5. The molecule has 1 N–H and O–H groups in total. The zero-order valence-corrected chi connectivity index (χ0v) is 12.6. The molecule has 3 amide bonds. The van der Waals surface area contributed by atoms with Crippen LogP contribution < -0.4 is 5.32 Å². The lowest BCUT2D eigenvalue weighted by molar-refractivity contribution is -0.133. The minimum Gasteiger partial charge on any atom is -0.379 e. The highest BCUT2D eigenvalue weighted by Crippen LogP contribution is 2.24. The van der Waals surface area contributed by atoms with E-state index in [1.54, 1.807) is 0 Å². The molecule has 0 aromatic rings. The standard InChI is InChI=1S/C14H25N3O3/c1-11(2)4-5-14(3)12(18)17(13(19)15-14)10-16-6-8-20-9-7-16/h11H,4-10H2,1-3H3,(H,15,19)/t14-/m1/s1. The molecule has 0 aromatic carbocycles. The monoisotopic (exact) mass is 283 g/mol. The third-order valence-corrected chi connectivity index (χ3v) is 4.01. The molecule has 0 spiro atoms. The van der Waals surface area contributed by atoms with E-state index in [0.717, 1.165) is 19.5 Å². The number of urea groups is 1. The molecule has 20 heavy (non-hydrogen) atoms. The van der Waals surface area contributed by atoms with E-state index < -0.39 is 5.54 Å². The third-order valence-electron chi connectivity index (χ3n) is 4.01. The Bertz CT molecular complexity index is 380. The van der Waals surface area contributed by atoms with Crippen LogP contribution >= 0.6 is 0 Å².